The zero-order valence-electron chi connectivity index (χ0n) is 20.6. The van der Waals surface area contributed by atoms with Crippen LogP contribution in [-0.4, -0.2) is 63.7 Å². The van der Waals surface area contributed by atoms with Gasteiger partial charge in [-0.3, -0.25) is 13.9 Å². The van der Waals surface area contributed by atoms with E-state index in [-0.39, 0.29) is 11.6 Å². The van der Waals surface area contributed by atoms with Crippen molar-refractivity contribution in [3.8, 4) is 5.75 Å². The predicted molar refractivity (Wildman–Crippen MR) is 127 cm³/mol. The number of nitrogen functional groups attached to an aromatic ring is 1. The fourth-order valence-electron chi connectivity index (χ4n) is 3.50. The summed E-state index contributed by atoms with van der Waals surface area (Å²) >= 11 is 0. The van der Waals surface area contributed by atoms with Crippen molar-refractivity contribution in [1.82, 2.24) is 14.6 Å². The number of ether oxygens (including phenoxy) is 2. The Morgan fingerprint density at radius 1 is 1.29 bits per heavy atom. The van der Waals surface area contributed by atoms with Gasteiger partial charge in [0, 0.05) is 6.20 Å². The van der Waals surface area contributed by atoms with E-state index >= 15 is 4.39 Å². The molecule has 0 amide bonds. The Balaban J connectivity index is 1.90. The number of nitrogens with one attached hydrogen (secondary N) is 1. The third kappa shape index (κ3) is 6.53. The number of para-hydroxylation sites is 1. The Bertz CT molecular complexity index is 1220. The molecule has 1 fully saturated rings. The molecule has 12 nitrogen and oxygen atoms in total. The highest BCUT2D eigenvalue weighted by Crippen LogP contribution is 2.49. The number of esters is 1. The van der Waals surface area contributed by atoms with Gasteiger partial charge in [-0.25, -0.2) is 22.5 Å². The fraction of sp³-hybridized carbons (Fsp3) is 0.500. The van der Waals surface area contributed by atoms with Crippen LogP contribution in [0.2, 0.25) is 0 Å². The van der Waals surface area contributed by atoms with Crippen molar-refractivity contribution >= 4 is 19.5 Å². The molecule has 0 radical (unpaired) electrons. The van der Waals surface area contributed by atoms with E-state index in [1.54, 1.807) is 19.9 Å². The molecule has 0 spiro atoms. The van der Waals surface area contributed by atoms with E-state index in [2.05, 4.69) is 10.1 Å². The predicted octanol–water partition coefficient (Wildman–Crippen LogP) is 2.19. The first-order valence-corrected chi connectivity index (χ1v) is 12.9. The van der Waals surface area contributed by atoms with Crippen LogP contribution in [0.4, 0.5) is 19.0 Å². The standard InChI is InChI=1S/C22H28F3N4O8P/c1-12(2)35-19(31)13(3)28-38(33,37-14-7-5-4-6-8-14)34-11-22(20(24)25)17(23)16(30)18(36-22)29-10-9-15(26)27-21(29)32/h4-10,12-13,16-18,20,30H,11H2,1-3H3,(H,28,33)(H2,26,27,32)/t13-,16+,17+,18+,22+,38?/m0/s1. The van der Waals surface area contributed by atoms with Crippen LogP contribution in [0.3, 0.4) is 0 Å². The summed E-state index contributed by atoms with van der Waals surface area (Å²) in [4.78, 5) is 27.8. The number of aromatic nitrogens is 2. The molecule has 1 aliphatic heterocycles. The lowest BCUT2D eigenvalue weighted by atomic mass is 9.98. The van der Waals surface area contributed by atoms with Crippen molar-refractivity contribution < 1.29 is 46.2 Å². The fourth-order valence-corrected chi connectivity index (χ4v) is 5.03. The van der Waals surface area contributed by atoms with Gasteiger partial charge in [-0.1, -0.05) is 18.2 Å². The number of anilines is 1. The largest absolute Gasteiger partial charge is 0.462 e. The van der Waals surface area contributed by atoms with Crippen LogP contribution in [0.5, 0.6) is 5.75 Å². The lowest BCUT2D eigenvalue weighted by molar-refractivity contribution is -0.183. The highest BCUT2D eigenvalue weighted by molar-refractivity contribution is 7.52. The molecule has 210 valence electrons. The third-order valence-corrected chi connectivity index (χ3v) is 7.00. The van der Waals surface area contributed by atoms with Crippen LogP contribution >= 0.6 is 7.75 Å². The third-order valence-electron chi connectivity index (χ3n) is 5.38. The topological polar surface area (TPSA) is 164 Å². The molecule has 0 bridgehead atoms. The molecular formula is C22H28F3N4O8P. The second-order valence-electron chi connectivity index (χ2n) is 8.71. The Hall–Kier alpha value is -2.97. The van der Waals surface area contributed by atoms with Gasteiger partial charge < -0.3 is 24.8 Å². The summed E-state index contributed by atoms with van der Waals surface area (Å²) in [6.45, 7) is 3.01. The number of alkyl halides is 3. The van der Waals surface area contributed by atoms with Gasteiger partial charge in [0.15, 0.2) is 18.0 Å². The molecule has 38 heavy (non-hydrogen) atoms. The van der Waals surface area contributed by atoms with Gasteiger partial charge in [-0.05, 0) is 39.0 Å². The summed E-state index contributed by atoms with van der Waals surface area (Å²) in [6, 6.07) is 7.23. The van der Waals surface area contributed by atoms with Crippen molar-refractivity contribution in [2.45, 2.75) is 63.4 Å². The van der Waals surface area contributed by atoms with Gasteiger partial charge >= 0.3 is 19.4 Å². The maximum atomic E-state index is 15.2. The number of nitrogens with zero attached hydrogens (tertiary/aromatic N) is 2. The smallest absolute Gasteiger partial charge is 0.459 e. The first kappa shape index (κ1) is 29.6. The van der Waals surface area contributed by atoms with Crippen LogP contribution in [0.25, 0.3) is 0 Å². The summed E-state index contributed by atoms with van der Waals surface area (Å²) in [5.41, 5.74) is 1.13. The highest BCUT2D eigenvalue weighted by Gasteiger charge is 2.63. The number of aliphatic hydroxyl groups excluding tert-OH is 1. The van der Waals surface area contributed by atoms with Crippen LogP contribution in [0.1, 0.15) is 27.0 Å². The lowest BCUT2D eigenvalue weighted by Gasteiger charge is -2.31. The Labute approximate surface area is 215 Å². The average Bonchev–Trinajstić information content (AvgIpc) is 3.09. The minimum absolute atomic E-state index is 0.0274. The maximum absolute atomic E-state index is 15.2. The highest BCUT2D eigenvalue weighted by atomic mass is 31.2. The molecule has 1 aromatic heterocycles. The van der Waals surface area contributed by atoms with Gasteiger partial charge in [-0.2, -0.15) is 10.1 Å². The van der Waals surface area contributed by atoms with Crippen molar-refractivity contribution in [2.75, 3.05) is 12.3 Å². The van der Waals surface area contributed by atoms with Crippen LogP contribution in [0, 0.1) is 0 Å². The SMILES string of the molecule is CC(C)OC(=O)[C@H](C)NP(=O)(OC[C@@]1(C(F)F)O[C@@H](n2ccc(N)nc2=O)[C@H](O)[C@H]1F)Oc1ccccc1. The van der Waals surface area contributed by atoms with Crippen LogP contribution in [-0.2, 0) is 23.4 Å². The summed E-state index contributed by atoms with van der Waals surface area (Å²) in [5.74, 6) is -1.08. The summed E-state index contributed by atoms with van der Waals surface area (Å²) in [6.07, 6.45) is -10.2. The summed E-state index contributed by atoms with van der Waals surface area (Å²) < 4.78 is 78.8. The molecule has 3 rings (SSSR count). The second-order valence-corrected chi connectivity index (χ2v) is 10.4. The minimum atomic E-state index is -4.69. The molecule has 1 unspecified atom stereocenters. The van der Waals surface area contributed by atoms with Crippen molar-refractivity contribution in [3.63, 3.8) is 0 Å². The lowest BCUT2D eigenvalue weighted by Crippen LogP contribution is -2.51. The van der Waals surface area contributed by atoms with E-state index in [1.165, 1.54) is 31.2 Å². The van der Waals surface area contributed by atoms with Crippen LogP contribution in [0.15, 0.2) is 47.4 Å². The monoisotopic (exact) mass is 564 g/mol. The summed E-state index contributed by atoms with van der Waals surface area (Å²) in [7, 11) is -4.69. The molecule has 2 heterocycles. The average molecular weight is 564 g/mol. The normalized spacial score (nSPS) is 25.8. The number of carbonyl (C=O) groups excluding carboxylic acids is 1. The molecule has 0 saturated carbocycles. The Kier molecular flexibility index (Phi) is 9.21. The quantitative estimate of drug-likeness (QED) is 0.271. The van der Waals surface area contributed by atoms with Gasteiger partial charge in [0.05, 0.1) is 12.7 Å². The summed E-state index contributed by atoms with van der Waals surface area (Å²) in [5, 5.41) is 12.7. The van der Waals surface area contributed by atoms with E-state index in [4.69, 9.17) is 24.3 Å². The number of benzene rings is 1. The molecule has 0 aliphatic carbocycles. The molecule has 2 aromatic rings. The first-order chi connectivity index (χ1) is 17.8. The van der Waals surface area contributed by atoms with Gasteiger partial charge in [0.1, 0.15) is 23.7 Å². The number of nitrogens with two attached hydrogens (primary N) is 1. The second kappa shape index (κ2) is 11.8. The number of hydrogen-bond donors (Lipinski definition) is 3. The Morgan fingerprint density at radius 3 is 2.53 bits per heavy atom. The van der Waals surface area contributed by atoms with Crippen LogP contribution < -0.4 is 21.0 Å². The van der Waals surface area contributed by atoms with Crippen molar-refractivity contribution in [3.05, 3.63) is 53.1 Å². The zero-order chi connectivity index (χ0) is 28.3. The van der Waals surface area contributed by atoms with Gasteiger partial charge in [0.25, 0.3) is 6.43 Å². The van der Waals surface area contributed by atoms with Gasteiger partial charge in [0.2, 0.25) is 0 Å². The van der Waals surface area contributed by atoms with E-state index in [0.717, 1.165) is 12.3 Å². The van der Waals surface area contributed by atoms with Crippen molar-refractivity contribution in [1.29, 1.82) is 0 Å². The zero-order valence-corrected chi connectivity index (χ0v) is 21.5. The number of rotatable bonds is 11. The maximum Gasteiger partial charge on any atom is 0.459 e. The van der Waals surface area contributed by atoms with E-state index < -0.39 is 68.7 Å². The molecule has 4 N–H and O–H groups in total. The van der Waals surface area contributed by atoms with Gasteiger partial charge in [-0.15, -0.1) is 0 Å². The number of carbonyl (C=O) groups is 1. The minimum Gasteiger partial charge on any atom is -0.462 e. The molecular weight excluding hydrogens is 536 g/mol. The van der Waals surface area contributed by atoms with E-state index in [9.17, 15) is 28.0 Å². The molecule has 6 atom stereocenters. The number of aliphatic hydroxyl groups is 1. The molecule has 1 aromatic carbocycles. The Morgan fingerprint density at radius 2 is 1.95 bits per heavy atom. The molecule has 1 saturated heterocycles. The molecule has 16 heteroatoms. The number of hydrogen-bond acceptors (Lipinski definition) is 10. The molecule has 1 aliphatic rings. The first-order valence-electron chi connectivity index (χ1n) is 11.4. The number of halogens is 3. The van der Waals surface area contributed by atoms with Crippen molar-refractivity contribution in [2.24, 2.45) is 0 Å². The van der Waals surface area contributed by atoms with E-state index in [1.807, 2.05) is 0 Å². The van der Waals surface area contributed by atoms with E-state index in [0.29, 0.717) is 4.57 Å².